The van der Waals surface area contributed by atoms with E-state index in [0.29, 0.717) is 5.69 Å². The monoisotopic (exact) mass is 250 g/mol. The van der Waals surface area contributed by atoms with Gasteiger partial charge < -0.3 is 10.2 Å². The van der Waals surface area contributed by atoms with E-state index in [1.165, 1.54) is 0 Å². The summed E-state index contributed by atoms with van der Waals surface area (Å²) in [7, 11) is 0. The van der Waals surface area contributed by atoms with E-state index in [1.807, 2.05) is 19.9 Å². The van der Waals surface area contributed by atoms with E-state index >= 15 is 0 Å². The van der Waals surface area contributed by atoms with Crippen molar-refractivity contribution in [3.63, 3.8) is 0 Å². The van der Waals surface area contributed by atoms with Crippen molar-refractivity contribution >= 4 is 11.7 Å². The molecule has 1 amide bonds. The summed E-state index contributed by atoms with van der Waals surface area (Å²) in [4.78, 5) is 13.9. The quantitative estimate of drug-likeness (QED) is 0.837. The number of nitrogens with one attached hydrogen (secondary N) is 1. The Morgan fingerprint density at radius 3 is 2.39 bits per heavy atom. The Bertz CT molecular complexity index is 373. The van der Waals surface area contributed by atoms with E-state index in [2.05, 4.69) is 34.3 Å². The first kappa shape index (κ1) is 14.4. The Hall–Kier alpha value is -1.65. The molecule has 0 bridgehead atoms. The second-order valence-corrected chi connectivity index (χ2v) is 4.23. The van der Waals surface area contributed by atoms with Crippen LogP contribution in [0.25, 0.3) is 0 Å². The molecule has 1 N–H and O–H groups in total. The zero-order valence-corrected chi connectivity index (χ0v) is 11.6. The number of amides is 1. The molecule has 0 aliphatic heterocycles. The van der Waals surface area contributed by atoms with Crippen LogP contribution in [-0.2, 0) is 0 Å². The van der Waals surface area contributed by atoms with Gasteiger partial charge in [0.15, 0.2) is 11.5 Å². The van der Waals surface area contributed by atoms with Crippen LogP contribution in [0.4, 0.5) is 5.82 Å². The number of aromatic nitrogens is 2. The minimum absolute atomic E-state index is 0.154. The minimum atomic E-state index is -0.164. The van der Waals surface area contributed by atoms with Crippen molar-refractivity contribution in [2.24, 2.45) is 0 Å². The Morgan fingerprint density at radius 1 is 1.28 bits per heavy atom. The molecule has 5 nitrogen and oxygen atoms in total. The molecule has 1 rings (SSSR count). The lowest BCUT2D eigenvalue weighted by Crippen LogP contribution is -2.33. The van der Waals surface area contributed by atoms with E-state index in [4.69, 9.17) is 0 Å². The molecule has 0 saturated heterocycles. The highest BCUT2D eigenvalue weighted by Gasteiger charge is 2.11. The molecule has 0 radical (unpaired) electrons. The van der Waals surface area contributed by atoms with Gasteiger partial charge in [0.1, 0.15) is 0 Å². The molecule has 1 unspecified atom stereocenters. The molecule has 0 fully saturated rings. The highest BCUT2D eigenvalue weighted by atomic mass is 16.2. The van der Waals surface area contributed by atoms with Gasteiger partial charge in [-0.25, -0.2) is 0 Å². The lowest BCUT2D eigenvalue weighted by Gasteiger charge is -2.18. The first-order valence-electron chi connectivity index (χ1n) is 6.51. The number of rotatable bonds is 6. The summed E-state index contributed by atoms with van der Waals surface area (Å²) in [6, 6.07) is 3.71. The maximum Gasteiger partial charge on any atom is 0.272 e. The standard InChI is InChI=1S/C13H22N4O/c1-5-10(4)14-13(18)11-8-9-12(16-15-11)17(6-2)7-3/h8-10H,5-7H2,1-4H3,(H,14,18). The van der Waals surface area contributed by atoms with Crippen molar-refractivity contribution in [3.8, 4) is 0 Å². The Kier molecular flexibility index (Phi) is 5.55. The van der Waals surface area contributed by atoms with E-state index in [1.54, 1.807) is 6.07 Å². The molecule has 1 aromatic heterocycles. The van der Waals surface area contributed by atoms with Crippen molar-refractivity contribution < 1.29 is 4.79 Å². The predicted molar refractivity (Wildman–Crippen MR) is 72.8 cm³/mol. The van der Waals surface area contributed by atoms with Gasteiger partial charge >= 0.3 is 0 Å². The van der Waals surface area contributed by atoms with Crippen LogP contribution in [-0.4, -0.2) is 35.2 Å². The van der Waals surface area contributed by atoms with Crippen LogP contribution in [0.2, 0.25) is 0 Å². The summed E-state index contributed by atoms with van der Waals surface area (Å²) >= 11 is 0. The molecular formula is C13H22N4O. The first-order chi connectivity index (χ1) is 8.62. The SMILES string of the molecule is CCC(C)NC(=O)c1ccc(N(CC)CC)nn1. The maximum absolute atomic E-state index is 11.8. The van der Waals surface area contributed by atoms with Crippen LogP contribution in [0.5, 0.6) is 0 Å². The lowest BCUT2D eigenvalue weighted by atomic mass is 10.2. The molecule has 5 heteroatoms. The third-order valence-corrected chi connectivity index (χ3v) is 2.96. The van der Waals surface area contributed by atoms with Crippen molar-refractivity contribution in [2.75, 3.05) is 18.0 Å². The zero-order valence-electron chi connectivity index (χ0n) is 11.6. The molecular weight excluding hydrogens is 228 g/mol. The average Bonchev–Trinajstić information content (AvgIpc) is 2.40. The summed E-state index contributed by atoms with van der Waals surface area (Å²) in [6.45, 7) is 9.88. The smallest absolute Gasteiger partial charge is 0.272 e. The van der Waals surface area contributed by atoms with Gasteiger partial charge in [-0.15, -0.1) is 10.2 Å². The minimum Gasteiger partial charge on any atom is -0.356 e. The molecule has 1 heterocycles. The maximum atomic E-state index is 11.8. The molecule has 0 aromatic carbocycles. The van der Waals surface area contributed by atoms with Crippen molar-refractivity contribution in [2.45, 2.75) is 40.2 Å². The second kappa shape index (κ2) is 6.93. The number of carbonyl (C=O) groups excluding carboxylic acids is 1. The lowest BCUT2D eigenvalue weighted by molar-refractivity contribution is 0.0933. The molecule has 18 heavy (non-hydrogen) atoms. The van der Waals surface area contributed by atoms with Crippen molar-refractivity contribution in [1.29, 1.82) is 0 Å². The van der Waals surface area contributed by atoms with Gasteiger partial charge in [0, 0.05) is 19.1 Å². The fraction of sp³-hybridized carbons (Fsp3) is 0.615. The topological polar surface area (TPSA) is 58.1 Å². The van der Waals surface area contributed by atoms with E-state index < -0.39 is 0 Å². The van der Waals surface area contributed by atoms with Crippen LogP contribution < -0.4 is 10.2 Å². The fourth-order valence-electron chi connectivity index (χ4n) is 1.56. The number of anilines is 1. The van der Waals surface area contributed by atoms with E-state index in [-0.39, 0.29) is 11.9 Å². The summed E-state index contributed by atoms with van der Waals surface area (Å²) in [5.41, 5.74) is 0.367. The molecule has 0 spiro atoms. The number of hydrogen-bond donors (Lipinski definition) is 1. The molecule has 0 aliphatic rings. The molecule has 1 atom stereocenters. The third kappa shape index (κ3) is 3.68. The normalized spacial score (nSPS) is 12.0. The van der Waals surface area contributed by atoms with Crippen LogP contribution in [0.1, 0.15) is 44.6 Å². The predicted octanol–water partition coefficient (Wildman–Crippen LogP) is 1.85. The number of hydrogen-bond acceptors (Lipinski definition) is 4. The highest BCUT2D eigenvalue weighted by Crippen LogP contribution is 2.08. The number of nitrogens with zero attached hydrogens (tertiary/aromatic N) is 3. The van der Waals surface area contributed by atoms with Gasteiger partial charge in [0.2, 0.25) is 0 Å². The van der Waals surface area contributed by atoms with Gasteiger partial charge in [0.05, 0.1) is 0 Å². The first-order valence-corrected chi connectivity index (χ1v) is 6.51. The van der Waals surface area contributed by atoms with Crippen LogP contribution in [0.3, 0.4) is 0 Å². The summed E-state index contributed by atoms with van der Waals surface area (Å²) in [6.07, 6.45) is 0.900. The van der Waals surface area contributed by atoms with Crippen LogP contribution >= 0.6 is 0 Å². The molecule has 0 aliphatic carbocycles. The average molecular weight is 250 g/mol. The van der Waals surface area contributed by atoms with E-state index in [9.17, 15) is 4.79 Å². The van der Waals surface area contributed by atoms with Gasteiger partial charge in [0.25, 0.3) is 5.91 Å². The summed E-state index contributed by atoms with van der Waals surface area (Å²) in [5, 5.41) is 10.9. The Labute approximate surface area is 109 Å². The van der Waals surface area contributed by atoms with Gasteiger partial charge in [-0.1, -0.05) is 6.92 Å². The molecule has 0 saturated carbocycles. The van der Waals surface area contributed by atoms with Gasteiger partial charge in [-0.05, 0) is 39.3 Å². The van der Waals surface area contributed by atoms with Gasteiger partial charge in [-0.3, -0.25) is 4.79 Å². The fourth-order valence-corrected chi connectivity index (χ4v) is 1.56. The molecule has 1 aromatic rings. The van der Waals surface area contributed by atoms with E-state index in [0.717, 1.165) is 25.3 Å². The molecule has 100 valence electrons. The van der Waals surface area contributed by atoms with Crippen molar-refractivity contribution in [1.82, 2.24) is 15.5 Å². The largest absolute Gasteiger partial charge is 0.356 e. The highest BCUT2D eigenvalue weighted by molar-refractivity contribution is 5.92. The third-order valence-electron chi connectivity index (χ3n) is 2.96. The van der Waals surface area contributed by atoms with Crippen molar-refractivity contribution in [3.05, 3.63) is 17.8 Å². The van der Waals surface area contributed by atoms with Crippen LogP contribution in [0, 0.1) is 0 Å². The van der Waals surface area contributed by atoms with Crippen LogP contribution in [0.15, 0.2) is 12.1 Å². The Morgan fingerprint density at radius 2 is 1.94 bits per heavy atom. The Balaban J connectivity index is 2.73. The van der Waals surface area contributed by atoms with Gasteiger partial charge in [-0.2, -0.15) is 0 Å². The number of carbonyl (C=O) groups is 1. The summed E-state index contributed by atoms with van der Waals surface area (Å²) in [5.74, 6) is 0.642. The summed E-state index contributed by atoms with van der Waals surface area (Å²) < 4.78 is 0. The zero-order chi connectivity index (χ0) is 13.5. The second-order valence-electron chi connectivity index (χ2n) is 4.23.